The van der Waals surface area contributed by atoms with Crippen LogP contribution in [0.3, 0.4) is 0 Å². The summed E-state index contributed by atoms with van der Waals surface area (Å²) < 4.78 is 0. The first-order valence-electron chi connectivity index (χ1n) is 6.18. The van der Waals surface area contributed by atoms with E-state index in [9.17, 15) is 5.11 Å². The number of nitrogens with one attached hydrogen (secondary N) is 1. The second-order valence-corrected chi connectivity index (χ2v) is 6.60. The second-order valence-electron chi connectivity index (χ2n) is 6.60. The molecule has 0 saturated heterocycles. The lowest BCUT2D eigenvalue weighted by molar-refractivity contribution is -0.00391. The first kappa shape index (κ1) is 13.0. The highest BCUT2D eigenvalue weighted by molar-refractivity contribution is 4.87. The highest BCUT2D eigenvalue weighted by Crippen LogP contribution is 2.32. The van der Waals surface area contributed by atoms with Crippen LogP contribution in [-0.2, 0) is 0 Å². The third kappa shape index (κ3) is 4.52. The Hall–Kier alpha value is -0.0800. The zero-order chi connectivity index (χ0) is 11.7. The summed E-state index contributed by atoms with van der Waals surface area (Å²) in [6, 6.07) is 0.642. The Morgan fingerprint density at radius 3 is 1.73 bits per heavy atom. The van der Waals surface area contributed by atoms with Crippen molar-refractivity contribution in [2.45, 2.75) is 77.5 Å². The van der Waals surface area contributed by atoms with E-state index in [4.69, 9.17) is 0 Å². The molecule has 1 rings (SSSR count). The van der Waals surface area contributed by atoms with Crippen molar-refractivity contribution in [1.29, 1.82) is 0 Å². The highest BCUT2D eigenvalue weighted by Gasteiger charge is 2.32. The molecule has 0 unspecified atom stereocenters. The second kappa shape index (κ2) is 4.42. The molecular formula is C13H27NO. The van der Waals surface area contributed by atoms with Gasteiger partial charge in [0.05, 0.1) is 5.60 Å². The Morgan fingerprint density at radius 1 is 0.933 bits per heavy atom. The van der Waals surface area contributed by atoms with Gasteiger partial charge in [-0.1, -0.05) is 0 Å². The van der Waals surface area contributed by atoms with Gasteiger partial charge in [0, 0.05) is 11.6 Å². The molecule has 0 spiro atoms. The van der Waals surface area contributed by atoms with E-state index in [0.717, 1.165) is 12.8 Å². The molecule has 90 valence electrons. The lowest BCUT2D eigenvalue weighted by Gasteiger charge is -2.38. The van der Waals surface area contributed by atoms with Crippen LogP contribution < -0.4 is 5.32 Å². The molecule has 0 amide bonds. The lowest BCUT2D eigenvalue weighted by atomic mass is 9.77. The molecule has 0 aromatic rings. The van der Waals surface area contributed by atoms with Crippen molar-refractivity contribution in [3.05, 3.63) is 0 Å². The van der Waals surface area contributed by atoms with Gasteiger partial charge in [-0.3, -0.25) is 0 Å². The summed E-state index contributed by atoms with van der Waals surface area (Å²) in [4.78, 5) is 0. The molecule has 0 heterocycles. The van der Waals surface area contributed by atoms with Gasteiger partial charge in [0.25, 0.3) is 0 Å². The maximum atomic E-state index is 9.94. The molecule has 1 aliphatic carbocycles. The molecule has 0 aromatic carbocycles. The van der Waals surface area contributed by atoms with Crippen LogP contribution >= 0.6 is 0 Å². The van der Waals surface area contributed by atoms with Gasteiger partial charge in [-0.15, -0.1) is 0 Å². The molecule has 2 N–H and O–H groups in total. The molecule has 0 atom stereocenters. The number of hydrogen-bond donors (Lipinski definition) is 2. The largest absolute Gasteiger partial charge is 0.390 e. The van der Waals surface area contributed by atoms with E-state index in [-0.39, 0.29) is 5.54 Å². The summed E-state index contributed by atoms with van der Waals surface area (Å²) in [6.45, 7) is 10.5. The summed E-state index contributed by atoms with van der Waals surface area (Å²) in [5, 5.41) is 13.6. The molecule has 15 heavy (non-hydrogen) atoms. The van der Waals surface area contributed by atoms with Crippen molar-refractivity contribution in [2.75, 3.05) is 0 Å². The highest BCUT2D eigenvalue weighted by atomic mass is 16.3. The minimum atomic E-state index is -0.493. The fraction of sp³-hybridized carbons (Fsp3) is 1.00. The van der Waals surface area contributed by atoms with Crippen molar-refractivity contribution in [3.63, 3.8) is 0 Å². The summed E-state index contributed by atoms with van der Waals surface area (Å²) in [5.41, 5.74) is -0.279. The molecule has 1 aliphatic rings. The van der Waals surface area contributed by atoms with Gasteiger partial charge in [-0.25, -0.2) is 0 Å². The molecule has 0 radical (unpaired) electrons. The first-order chi connectivity index (χ1) is 6.68. The van der Waals surface area contributed by atoms with E-state index >= 15 is 0 Å². The Labute approximate surface area is 94.5 Å². The predicted octanol–water partition coefficient (Wildman–Crippen LogP) is 2.70. The summed E-state index contributed by atoms with van der Waals surface area (Å²) in [5.74, 6) is 0.482. The Bertz CT molecular complexity index is 192. The van der Waals surface area contributed by atoms with Crippen LogP contribution in [-0.4, -0.2) is 22.3 Å². The minimum absolute atomic E-state index is 0.215. The van der Waals surface area contributed by atoms with E-state index in [1.54, 1.807) is 0 Å². The minimum Gasteiger partial charge on any atom is -0.390 e. The van der Waals surface area contributed by atoms with Gasteiger partial charge in [0.2, 0.25) is 0 Å². The van der Waals surface area contributed by atoms with Crippen molar-refractivity contribution in [1.82, 2.24) is 5.32 Å². The fourth-order valence-corrected chi connectivity index (χ4v) is 2.56. The van der Waals surface area contributed by atoms with Crippen LogP contribution in [0.5, 0.6) is 0 Å². The predicted molar refractivity (Wildman–Crippen MR) is 64.9 cm³/mol. The van der Waals surface area contributed by atoms with Crippen molar-refractivity contribution >= 4 is 0 Å². The van der Waals surface area contributed by atoms with Crippen molar-refractivity contribution in [2.24, 2.45) is 5.92 Å². The van der Waals surface area contributed by atoms with Crippen LogP contribution in [0.25, 0.3) is 0 Å². The lowest BCUT2D eigenvalue weighted by Crippen LogP contribution is -2.46. The average molecular weight is 213 g/mol. The third-order valence-electron chi connectivity index (χ3n) is 3.36. The molecule has 0 aliphatic heterocycles. The Balaban J connectivity index is 2.37. The number of aliphatic hydroxyl groups is 1. The molecule has 0 aromatic heterocycles. The van der Waals surface area contributed by atoms with Crippen molar-refractivity contribution in [3.8, 4) is 0 Å². The van der Waals surface area contributed by atoms with Gasteiger partial charge in [-0.05, 0) is 66.2 Å². The van der Waals surface area contributed by atoms with Gasteiger partial charge < -0.3 is 10.4 Å². The molecule has 2 heteroatoms. The van der Waals surface area contributed by atoms with E-state index in [2.05, 4.69) is 26.1 Å². The van der Waals surface area contributed by atoms with Crippen LogP contribution in [0.15, 0.2) is 0 Å². The fourth-order valence-electron chi connectivity index (χ4n) is 2.56. The zero-order valence-corrected chi connectivity index (χ0v) is 10.9. The van der Waals surface area contributed by atoms with Gasteiger partial charge in [0.15, 0.2) is 0 Å². The average Bonchev–Trinajstić information content (AvgIpc) is 2.00. The standard InChI is InChI=1S/C13H27NO/c1-12(2,3)14-11-8-6-10(7-9-11)13(4,5)15/h10-11,14-15H,6-9H2,1-5H3/t10-,11-. The smallest absolute Gasteiger partial charge is 0.0619 e. The zero-order valence-electron chi connectivity index (χ0n) is 10.9. The van der Waals surface area contributed by atoms with Crippen molar-refractivity contribution < 1.29 is 5.11 Å². The number of rotatable bonds is 2. The summed E-state index contributed by atoms with van der Waals surface area (Å²) in [7, 11) is 0. The van der Waals surface area contributed by atoms with E-state index in [1.165, 1.54) is 12.8 Å². The van der Waals surface area contributed by atoms with Gasteiger partial charge >= 0.3 is 0 Å². The first-order valence-corrected chi connectivity index (χ1v) is 6.18. The van der Waals surface area contributed by atoms with Crippen LogP contribution in [0.2, 0.25) is 0 Å². The molecular weight excluding hydrogens is 186 g/mol. The maximum Gasteiger partial charge on any atom is 0.0619 e. The number of hydrogen-bond acceptors (Lipinski definition) is 2. The van der Waals surface area contributed by atoms with Crippen LogP contribution in [0, 0.1) is 5.92 Å². The Kier molecular flexibility index (Phi) is 3.83. The topological polar surface area (TPSA) is 32.3 Å². The van der Waals surface area contributed by atoms with Gasteiger partial charge in [-0.2, -0.15) is 0 Å². The van der Waals surface area contributed by atoms with Crippen LogP contribution in [0.4, 0.5) is 0 Å². The molecule has 1 saturated carbocycles. The molecule has 0 bridgehead atoms. The quantitative estimate of drug-likeness (QED) is 0.739. The third-order valence-corrected chi connectivity index (χ3v) is 3.36. The Morgan fingerprint density at radius 2 is 1.40 bits per heavy atom. The van der Waals surface area contributed by atoms with E-state index in [1.807, 2.05) is 13.8 Å². The summed E-state index contributed by atoms with van der Waals surface area (Å²) in [6.07, 6.45) is 4.70. The summed E-state index contributed by atoms with van der Waals surface area (Å²) >= 11 is 0. The maximum absolute atomic E-state index is 9.94. The van der Waals surface area contributed by atoms with E-state index < -0.39 is 5.60 Å². The monoisotopic (exact) mass is 213 g/mol. The molecule has 1 fully saturated rings. The van der Waals surface area contributed by atoms with Crippen LogP contribution in [0.1, 0.15) is 60.3 Å². The molecule has 2 nitrogen and oxygen atoms in total. The normalized spacial score (nSPS) is 29.2. The van der Waals surface area contributed by atoms with E-state index in [0.29, 0.717) is 12.0 Å². The van der Waals surface area contributed by atoms with Gasteiger partial charge in [0.1, 0.15) is 0 Å². The SMILES string of the molecule is CC(C)(C)N[C@H]1CC[C@H](C(C)(C)O)CC1.